The molecule has 3 heteroatoms. The van der Waals surface area contributed by atoms with Gasteiger partial charge in [0.25, 0.3) is 0 Å². The maximum absolute atomic E-state index is 5.34. The van der Waals surface area contributed by atoms with Gasteiger partial charge < -0.3 is 10.5 Å². The zero-order valence-corrected chi connectivity index (χ0v) is 7.81. The van der Waals surface area contributed by atoms with Gasteiger partial charge in [0.2, 0.25) is 5.88 Å². The Balaban J connectivity index is 2.32. The number of rotatable bonds is 3. The minimum atomic E-state index is 0.505. The Bertz CT molecular complexity index is 428. The summed E-state index contributed by atoms with van der Waals surface area (Å²) in [6, 6.07) is 11.8. The van der Waals surface area contributed by atoms with Gasteiger partial charge in [0.15, 0.2) is 0 Å². The SMILES string of the molecule is NCCOc1ccc2ccccc2n1. The second-order valence-electron chi connectivity index (χ2n) is 2.98. The van der Waals surface area contributed by atoms with Crippen molar-refractivity contribution in [1.82, 2.24) is 4.98 Å². The highest BCUT2D eigenvalue weighted by atomic mass is 16.5. The van der Waals surface area contributed by atoms with Crippen molar-refractivity contribution in [3.63, 3.8) is 0 Å². The summed E-state index contributed by atoms with van der Waals surface area (Å²) in [5.74, 6) is 0.633. The van der Waals surface area contributed by atoms with Crippen LogP contribution in [0.3, 0.4) is 0 Å². The monoisotopic (exact) mass is 188 g/mol. The number of nitrogens with two attached hydrogens (primary N) is 1. The molecule has 0 unspecified atom stereocenters. The van der Waals surface area contributed by atoms with Crippen molar-refractivity contribution in [2.45, 2.75) is 0 Å². The van der Waals surface area contributed by atoms with Gasteiger partial charge >= 0.3 is 0 Å². The Morgan fingerprint density at radius 2 is 2.00 bits per heavy atom. The number of ether oxygens (including phenoxy) is 1. The lowest BCUT2D eigenvalue weighted by molar-refractivity contribution is 0.317. The predicted molar refractivity (Wildman–Crippen MR) is 56.3 cm³/mol. The Kier molecular flexibility index (Phi) is 2.60. The maximum Gasteiger partial charge on any atom is 0.213 e. The summed E-state index contributed by atoms with van der Waals surface area (Å²) in [4.78, 5) is 4.33. The van der Waals surface area contributed by atoms with Gasteiger partial charge in [-0.15, -0.1) is 0 Å². The van der Waals surface area contributed by atoms with Crippen LogP contribution in [-0.4, -0.2) is 18.1 Å². The third-order valence-electron chi connectivity index (χ3n) is 1.94. The van der Waals surface area contributed by atoms with Gasteiger partial charge in [0, 0.05) is 18.0 Å². The number of fused-ring (bicyclic) bond motifs is 1. The molecule has 14 heavy (non-hydrogen) atoms. The molecule has 3 nitrogen and oxygen atoms in total. The molecule has 2 aromatic rings. The van der Waals surface area contributed by atoms with Crippen molar-refractivity contribution in [3.8, 4) is 5.88 Å². The van der Waals surface area contributed by atoms with Gasteiger partial charge in [0.1, 0.15) is 6.61 Å². The van der Waals surface area contributed by atoms with Gasteiger partial charge in [-0.05, 0) is 12.1 Å². The molecule has 0 aliphatic rings. The lowest BCUT2D eigenvalue weighted by atomic mass is 10.2. The molecule has 0 saturated heterocycles. The lowest BCUT2D eigenvalue weighted by Gasteiger charge is -2.03. The molecular formula is C11H12N2O. The van der Waals surface area contributed by atoms with E-state index in [0.717, 1.165) is 10.9 Å². The average molecular weight is 188 g/mol. The van der Waals surface area contributed by atoms with Crippen LogP contribution >= 0.6 is 0 Å². The molecule has 0 bridgehead atoms. The lowest BCUT2D eigenvalue weighted by Crippen LogP contribution is -2.11. The summed E-state index contributed by atoms with van der Waals surface area (Å²) < 4.78 is 5.33. The Morgan fingerprint density at radius 3 is 2.86 bits per heavy atom. The van der Waals surface area contributed by atoms with Crippen molar-refractivity contribution < 1.29 is 4.74 Å². The van der Waals surface area contributed by atoms with Crippen molar-refractivity contribution in [2.75, 3.05) is 13.2 Å². The highest BCUT2D eigenvalue weighted by Gasteiger charge is 1.97. The van der Waals surface area contributed by atoms with E-state index in [1.54, 1.807) is 0 Å². The van der Waals surface area contributed by atoms with Gasteiger partial charge in [-0.3, -0.25) is 0 Å². The molecule has 2 N–H and O–H groups in total. The van der Waals surface area contributed by atoms with Crippen LogP contribution in [0.15, 0.2) is 36.4 Å². The third-order valence-corrected chi connectivity index (χ3v) is 1.94. The molecule has 0 fully saturated rings. The number of nitrogens with zero attached hydrogens (tertiary/aromatic N) is 1. The fraction of sp³-hybridized carbons (Fsp3) is 0.182. The number of aromatic nitrogens is 1. The minimum Gasteiger partial charge on any atom is -0.476 e. The molecule has 2 rings (SSSR count). The van der Waals surface area contributed by atoms with Gasteiger partial charge in [-0.1, -0.05) is 18.2 Å². The van der Waals surface area contributed by atoms with Gasteiger partial charge in [-0.2, -0.15) is 0 Å². The predicted octanol–water partition coefficient (Wildman–Crippen LogP) is 1.57. The highest BCUT2D eigenvalue weighted by Crippen LogP contribution is 2.15. The van der Waals surface area contributed by atoms with Crippen molar-refractivity contribution in [1.29, 1.82) is 0 Å². The first-order valence-electron chi connectivity index (χ1n) is 4.59. The first kappa shape index (κ1) is 8.97. The molecule has 0 aliphatic carbocycles. The highest BCUT2D eigenvalue weighted by molar-refractivity contribution is 5.78. The summed E-state index contributed by atoms with van der Waals surface area (Å²) in [7, 11) is 0. The van der Waals surface area contributed by atoms with Crippen LogP contribution in [0, 0.1) is 0 Å². The largest absolute Gasteiger partial charge is 0.476 e. The zero-order chi connectivity index (χ0) is 9.80. The smallest absolute Gasteiger partial charge is 0.213 e. The number of para-hydroxylation sites is 1. The van der Waals surface area contributed by atoms with Crippen LogP contribution in [-0.2, 0) is 0 Å². The van der Waals surface area contributed by atoms with E-state index in [1.165, 1.54) is 0 Å². The molecule has 72 valence electrons. The van der Waals surface area contributed by atoms with E-state index in [9.17, 15) is 0 Å². The molecule has 0 radical (unpaired) electrons. The summed E-state index contributed by atoms with van der Waals surface area (Å²) in [5, 5.41) is 1.12. The summed E-state index contributed by atoms with van der Waals surface area (Å²) in [6.45, 7) is 1.01. The van der Waals surface area contributed by atoms with E-state index in [2.05, 4.69) is 4.98 Å². The molecular weight excluding hydrogens is 176 g/mol. The van der Waals surface area contributed by atoms with Crippen LogP contribution in [0.2, 0.25) is 0 Å². The zero-order valence-electron chi connectivity index (χ0n) is 7.81. The van der Waals surface area contributed by atoms with Crippen LogP contribution in [0.4, 0.5) is 0 Å². The second-order valence-corrected chi connectivity index (χ2v) is 2.98. The first-order valence-corrected chi connectivity index (χ1v) is 4.59. The van der Waals surface area contributed by atoms with Crippen LogP contribution in [0.5, 0.6) is 5.88 Å². The van der Waals surface area contributed by atoms with Crippen molar-refractivity contribution >= 4 is 10.9 Å². The Morgan fingerprint density at radius 1 is 1.14 bits per heavy atom. The first-order chi connectivity index (χ1) is 6.90. The number of hydrogen-bond donors (Lipinski definition) is 1. The number of benzene rings is 1. The van der Waals surface area contributed by atoms with E-state index in [0.29, 0.717) is 19.0 Å². The molecule has 0 spiro atoms. The minimum absolute atomic E-state index is 0.505. The van der Waals surface area contributed by atoms with Crippen LogP contribution in [0.25, 0.3) is 10.9 Å². The number of pyridine rings is 1. The van der Waals surface area contributed by atoms with Gasteiger partial charge in [0.05, 0.1) is 5.52 Å². The normalized spacial score (nSPS) is 10.4. The average Bonchev–Trinajstić information content (AvgIpc) is 2.26. The molecule has 1 aromatic carbocycles. The van der Waals surface area contributed by atoms with Crippen LogP contribution < -0.4 is 10.5 Å². The van der Waals surface area contributed by atoms with E-state index in [1.807, 2.05) is 36.4 Å². The van der Waals surface area contributed by atoms with E-state index in [4.69, 9.17) is 10.5 Å². The van der Waals surface area contributed by atoms with E-state index >= 15 is 0 Å². The quantitative estimate of drug-likeness (QED) is 0.795. The summed E-state index contributed by atoms with van der Waals surface area (Å²) in [6.07, 6.45) is 0. The van der Waals surface area contributed by atoms with Crippen LogP contribution in [0.1, 0.15) is 0 Å². The molecule has 0 amide bonds. The number of hydrogen-bond acceptors (Lipinski definition) is 3. The molecule has 1 heterocycles. The molecule has 0 aliphatic heterocycles. The summed E-state index contributed by atoms with van der Waals surface area (Å²) >= 11 is 0. The fourth-order valence-corrected chi connectivity index (χ4v) is 1.29. The van der Waals surface area contributed by atoms with E-state index in [-0.39, 0.29) is 0 Å². The van der Waals surface area contributed by atoms with Crippen molar-refractivity contribution in [3.05, 3.63) is 36.4 Å². The third kappa shape index (κ3) is 1.83. The molecule has 0 saturated carbocycles. The van der Waals surface area contributed by atoms with Crippen molar-refractivity contribution in [2.24, 2.45) is 5.73 Å². The van der Waals surface area contributed by atoms with E-state index < -0.39 is 0 Å². The maximum atomic E-state index is 5.34. The fourth-order valence-electron chi connectivity index (χ4n) is 1.29. The Hall–Kier alpha value is -1.61. The Labute approximate surface area is 82.5 Å². The molecule has 1 aromatic heterocycles. The molecule has 0 atom stereocenters. The van der Waals surface area contributed by atoms with Gasteiger partial charge in [-0.25, -0.2) is 4.98 Å². The standard InChI is InChI=1S/C11H12N2O/c12-7-8-14-11-6-5-9-3-1-2-4-10(9)13-11/h1-6H,7-8,12H2. The summed E-state index contributed by atoms with van der Waals surface area (Å²) in [5.41, 5.74) is 6.28. The topological polar surface area (TPSA) is 48.1 Å². The second kappa shape index (κ2) is 4.07.